The molecule has 1 aliphatic rings. The van der Waals surface area contributed by atoms with Crippen LogP contribution in [0.2, 0.25) is 0 Å². The van der Waals surface area contributed by atoms with Crippen LogP contribution < -0.4 is 5.32 Å². The average molecular weight is 422 g/mol. The maximum absolute atomic E-state index is 12.7. The summed E-state index contributed by atoms with van der Waals surface area (Å²) >= 11 is 0. The number of aryl methyl sites for hydroxylation is 1. The molecule has 0 spiro atoms. The summed E-state index contributed by atoms with van der Waals surface area (Å²) < 4.78 is 7.19. The summed E-state index contributed by atoms with van der Waals surface area (Å²) in [5, 5.41) is 7.11. The van der Waals surface area contributed by atoms with Gasteiger partial charge in [0.2, 0.25) is 0 Å². The van der Waals surface area contributed by atoms with Crippen molar-refractivity contribution in [3.8, 4) is 0 Å². The molecule has 0 atom stereocenters. The summed E-state index contributed by atoms with van der Waals surface area (Å²) in [4.78, 5) is 31.0. The third-order valence-electron chi connectivity index (χ3n) is 5.16. The Morgan fingerprint density at radius 2 is 1.74 bits per heavy atom. The number of amides is 2. The first-order valence-corrected chi connectivity index (χ1v) is 9.86. The van der Waals surface area contributed by atoms with Crippen molar-refractivity contribution in [3.05, 3.63) is 70.4 Å². The van der Waals surface area contributed by atoms with Gasteiger partial charge in [-0.1, -0.05) is 0 Å². The van der Waals surface area contributed by atoms with Crippen LogP contribution in [0.25, 0.3) is 5.57 Å². The van der Waals surface area contributed by atoms with Gasteiger partial charge in [0.15, 0.2) is 0 Å². The van der Waals surface area contributed by atoms with E-state index in [0.29, 0.717) is 23.4 Å². The zero-order valence-electron chi connectivity index (χ0n) is 18.7. The number of hydrogen-bond acceptors (Lipinski definition) is 5. The largest absolute Gasteiger partial charge is 0.501 e. The van der Waals surface area contributed by atoms with E-state index in [1.165, 1.54) is 4.90 Å². The van der Waals surface area contributed by atoms with Crippen LogP contribution in [0.3, 0.4) is 0 Å². The number of amidine groups is 1. The van der Waals surface area contributed by atoms with Gasteiger partial charge in [-0.15, -0.1) is 0 Å². The second-order valence-corrected chi connectivity index (χ2v) is 7.58. The first kappa shape index (κ1) is 22.0. The Balaban J connectivity index is 1.86. The van der Waals surface area contributed by atoms with Crippen molar-refractivity contribution in [2.75, 3.05) is 21.2 Å². The number of benzene rings is 1. The Morgan fingerprint density at radius 1 is 1.10 bits per heavy atom. The number of carbonyl (C=O) groups excluding carboxylic acids is 2. The molecule has 31 heavy (non-hydrogen) atoms. The monoisotopic (exact) mass is 421 g/mol. The van der Waals surface area contributed by atoms with Crippen LogP contribution in [-0.2, 0) is 11.8 Å². The molecule has 0 saturated carbocycles. The Kier molecular flexibility index (Phi) is 6.39. The fraction of sp³-hybridized carbons (Fsp3) is 0.304. The molecular formula is C23H27N5O3. The van der Waals surface area contributed by atoms with E-state index in [2.05, 4.69) is 15.4 Å². The molecule has 0 radical (unpaired) electrons. The van der Waals surface area contributed by atoms with Crippen molar-refractivity contribution in [2.24, 2.45) is 12.0 Å². The normalized spacial score (nSPS) is 16.5. The summed E-state index contributed by atoms with van der Waals surface area (Å²) in [7, 11) is 6.85. The van der Waals surface area contributed by atoms with Crippen LogP contribution in [0.1, 0.15) is 46.5 Å². The van der Waals surface area contributed by atoms with Crippen molar-refractivity contribution < 1.29 is 14.3 Å². The molecule has 2 amide bonds. The predicted molar refractivity (Wildman–Crippen MR) is 119 cm³/mol. The Hall–Kier alpha value is -3.68. The van der Waals surface area contributed by atoms with Gasteiger partial charge in [-0.05, 0) is 43.7 Å². The molecule has 0 saturated heterocycles. The number of aromatic nitrogens is 2. The molecule has 2 aromatic rings. The van der Waals surface area contributed by atoms with Crippen molar-refractivity contribution >= 4 is 23.2 Å². The van der Waals surface area contributed by atoms with Crippen LogP contribution in [0, 0.1) is 0 Å². The van der Waals surface area contributed by atoms with E-state index in [0.717, 1.165) is 28.2 Å². The Labute approximate surface area is 181 Å². The number of nitrogens with zero attached hydrogens (tertiary/aromatic N) is 4. The number of methoxy groups -OCH3 is 1. The lowest BCUT2D eigenvalue weighted by Crippen LogP contribution is -2.29. The fourth-order valence-corrected chi connectivity index (χ4v) is 3.27. The van der Waals surface area contributed by atoms with Crippen molar-refractivity contribution in [1.29, 1.82) is 0 Å². The second kappa shape index (κ2) is 8.99. The van der Waals surface area contributed by atoms with E-state index in [1.54, 1.807) is 56.3 Å². The van der Waals surface area contributed by atoms with E-state index in [-0.39, 0.29) is 11.8 Å². The average Bonchev–Trinajstić information content (AvgIpc) is 3.38. The Morgan fingerprint density at radius 3 is 2.29 bits per heavy atom. The second-order valence-electron chi connectivity index (χ2n) is 7.58. The number of aliphatic imine (C=N–C) groups is 1. The van der Waals surface area contributed by atoms with Gasteiger partial charge in [0, 0.05) is 56.0 Å². The number of allylic oxidation sites excluding steroid dienone is 3. The number of nitrogens with one attached hydrogen (secondary N) is 1. The number of hydrogen-bond donors (Lipinski definition) is 1. The van der Waals surface area contributed by atoms with Gasteiger partial charge in [-0.3, -0.25) is 14.3 Å². The van der Waals surface area contributed by atoms with Crippen LogP contribution in [0.5, 0.6) is 0 Å². The van der Waals surface area contributed by atoms with Crippen LogP contribution in [0.4, 0.5) is 0 Å². The topological polar surface area (TPSA) is 88.8 Å². The van der Waals surface area contributed by atoms with E-state index >= 15 is 0 Å². The smallest absolute Gasteiger partial charge is 0.256 e. The minimum Gasteiger partial charge on any atom is -0.501 e. The third kappa shape index (κ3) is 4.74. The van der Waals surface area contributed by atoms with Crippen molar-refractivity contribution in [1.82, 2.24) is 20.0 Å². The van der Waals surface area contributed by atoms with E-state index in [4.69, 9.17) is 4.74 Å². The maximum atomic E-state index is 12.7. The van der Waals surface area contributed by atoms with Gasteiger partial charge in [0.25, 0.3) is 11.8 Å². The first-order chi connectivity index (χ1) is 14.7. The van der Waals surface area contributed by atoms with Gasteiger partial charge < -0.3 is 15.0 Å². The minimum absolute atomic E-state index is 0.113. The SMILES string of the molecule is CO/C(C)=C1\CC(NC(=O)c2ccc(C(=O)N(C)C)cc2)=N\C1=C(\C)c1cnn(C)c1. The highest BCUT2D eigenvalue weighted by molar-refractivity contribution is 6.09. The molecule has 0 fully saturated rings. The quantitative estimate of drug-likeness (QED) is 0.769. The lowest BCUT2D eigenvalue weighted by Gasteiger charge is -2.10. The highest BCUT2D eigenvalue weighted by Gasteiger charge is 2.25. The molecule has 1 aromatic heterocycles. The van der Waals surface area contributed by atoms with Gasteiger partial charge in [0.1, 0.15) is 5.84 Å². The van der Waals surface area contributed by atoms with Gasteiger partial charge in [-0.25, -0.2) is 4.99 Å². The predicted octanol–water partition coefficient (Wildman–Crippen LogP) is 3.01. The first-order valence-electron chi connectivity index (χ1n) is 9.86. The van der Waals surface area contributed by atoms with E-state index in [1.807, 2.05) is 27.1 Å². The molecule has 0 aliphatic carbocycles. The summed E-state index contributed by atoms with van der Waals surface area (Å²) in [6.07, 6.45) is 4.16. The summed E-state index contributed by atoms with van der Waals surface area (Å²) in [5.41, 5.74) is 4.58. The zero-order valence-corrected chi connectivity index (χ0v) is 18.7. The molecule has 1 aliphatic heterocycles. The molecule has 8 heteroatoms. The molecule has 162 valence electrons. The fourth-order valence-electron chi connectivity index (χ4n) is 3.27. The van der Waals surface area contributed by atoms with Crippen LogP contribution in [-0.4, -0.2) is 53.5 Å². The number of rotatable bonds is 4. The van der Waals surface area contributed by atoms with Gasteiger partial charge in [0.05, 0.1) is 24.8 Å². The summed E-state index contributed by atoms with van der Waals surface area (Å²) in [6, 6.07) is 6.56. The standard InChI is InChI=1S/C23H27N5O3/c1-14(18-12-24-28(5)13-18)21-19(15(2)31-6)11-20(25-21)26-22(29)16-7-9-17(10-8-16)23(30)27(3)4/h7-10,12-13H,11H2,1-6H3,(H,25,26,29)/b19-15+,21-14-. The molecule has 1 N–H and O–H groups in total. The Bertz CT molecular complexity index is 1100. The van der Waals surface area contributed by atoms with E-state index in [9.17, 15) is 9.59 Å². The number of ether oxygens (including phenoxy) is 1. The molecule has 1 aromatic carbocycles. The summed E-state index contributed by atoms with van der Waals surface area (Å²) in [5.74, 6) is 0.899. The minimum atomic E-state index is -0.280. The molecule has 8 nitrogen and oxygen atoms in total. The zero-order chi connectivity index (χ0) is 22.7. The lowest BCUT2D eigenvalue weighted by molar-refractivity contribution is 0.0826. The summed E-state index contributed by atoms with van der Waals surface area (Å²) in [6.45, 7) is 3.86. The maximum Gasteiger partial charge on any atom is 0.256 e. The molecule has 2 heterocycles. The molecule has 0 bridgehead atoms. The highest BCUT2D eigenvalue weighted by atomic mass is 16.5. The van der Waals surface area contributed by atoms with E-state index < -0.39 is 0 Å². The third-order valence-corrected chi connectivity index (χ3v) is 5.16. The van der Waals surface area contributed by atoms with Crippen LogP contribution in [0.15, 0.2) is 58.7 Å². The molecule has 3 rings (SSSR count). The van der Waals surface area contributed by atoms with Crippen molar-refractivity contribution in [3.63, 3.8) is 0 Å². The molecular weight excluding hydrogens is 394 g/mol. The van der Waals surface area contributed by atoms with Crippen molar-refractivity contribution in [2.45, 2.75) is 20.3 Å². The highest BCUT2D eigenvalue weighted by Crippen LogP contribution is 2.33. The van der Waals surface area contributed by atoms with Gasteiger partial charge in [-0.2, -0.15) is 5.10 Å². The van der Waals surface area contributed by atoms with Crippen LogP contribution >= 0.6 is 0 Å². The number of carbonyl (C=O) groups is 2. The molecule has 0 unspecified atom stereocenters. The lowest BCUT2D eigenvalue weighted by atomic mass is 10.0. The van der Waals surface area contributed by atoms with Gasteiger partial charge >= 0.3 is 0 Å².